The SMILES string of the molecule is C[C@H](Oc1cc(F)ccc1[N+](=O)[O-])C(=O)N1CCNC1=O. The first-order valence-electron chi connectivity index (χ1n) is 6.10. The van der Waals surface area contributed by atoms with E-state index >= 15 is 0 Å². The third kappa shape index (κ3) is 3.07. The minimum Gasteiger partial charge on any atom is -0.474 e. The van der Waals surface area contributed by atoms with Crippen LogP contribution in [0.2, 0.25) is 0 Å². The third-order valence-electron chi connectivity index (χ3n) is 2.89. The second kappa shape index (κ2) is 5.73. The molecule has 1 atom stereocenters. The molecule has 112 valence electrons. The highest BCUT2D eigenvalue weighted by molar-refractivity contribution is 5.97. The van der Waals surface area contributed by atoms with Gasteiger partial charge in [0.1, 0.15) is 5.82 Å². The van der Waals surface area contributed by atoms with Crippen LogP contribution < -0.4 is 10.1 Å². The minimum atomic E-state index is -1.16. The summed E-state index contributed by atoms with van der Waals surface area (Å²) in [5, 5.41) is 13.3. The van der Waals surface area contributed by atoms with E-state index in [2.05, 4.69) is 5.32 Å². The van der Waals surface area contributed by atoms with Crippen LogP contribution in [0.3, 0.4) is 0 Å². The third-order valence-corrected chi connectivity index (χ3v) is 2.89. The molecule has 0 bridgehead atoms. The fourth-order valence-corrected chi connectivity index (χ4v) is 1.88. The Kier molecular flexibility index (Phi) is 4.01. The van der Waals surface area contributed by atoms with Crippen LogP contribution in [-0.4, -0.2) is 41.0 Å². The highest BCUT2D eigenvalue weighted by Crippen LogP contribution is 2.28. The quantitative estimate of drug-likeness (QED) is 0.661. The standard InChI is InChI=1S/C12H12FN3O5/c1-7(11(17)15-5-4-14-12(15)18)21-10-6-8(13)2-3-9(10)16(19)20/h2-3,6-7H,4-5H2,1H3,(H,14,18)/t7-/m0/s1. The van der Waals surface area contributed by atoms with Crippen LogP contribution in [0.15, 0.2) is 18.2 Å². The van der Waals surface area contributed by atoms with Crippen LogP contribution in [0.25, 0.3) is 0 Å². The summed E-state index contributed by atoms with van der Waals surface area (Å²) >= 11 is 0. The van der Waals surface area contributed by atoms with Crippen molar-refractivity contribution in [3.05, 3.63) is 34.1 Å². The van der Waals surface area contributed by atoms with Gasteiger partial charge < -0.3 is 10.1 Å². The van der Waals surface area contributed by atoms with Crippen molar-refractivity contribution >= 4 is 17.6 Å². The molecular formula is C12H12FN3O5. The fraction of sp³-hybridized carbons (Fsp3) is 0.333. The van der Waals surface area contributed by atoms with Gasteiger partial charge in [0.25, 0.3) is 5.91 Å². The van der Waals surface area contributed by atoms with Crippen molar-refractivity contribution in [3.63, 3.8) is 0 Å². The molecular weight excluding hydrogens is 285 g/mol. The zero-order valence-electron chi connectivity index (χ0n) is 11.0. The summed E-state index contributed by atoms with van der Waals surface area (Å²) in [5.74, 6) is -1.74. The number of imide groups is 1. The number of carbonyl (C=O) groups excluding carboxylic acids is 2. The second-order valence-corrected chi connectivity index (χ2v) is 4.35. The normalized spacial score (nSPS) is 15.5. The van der Waals surface area contributed by atoms with E-state index in [0.29, 0.717) is 6.54 Å². The Hall–Kier alpha value is -2.71. The van der Waals surface area contributed by atoms with Crippen LogP contribution >= 0.6 is 0 Å². The molecule has 0 saturated carbocycles. The lowest BCUT2D eigenvalue weighted by atomic mass is 10.2. The molecule has 21 heavy (non-hydrogen) atoms. The molecule has 1 heterocycles. The average molecular weight is 297 g/mol. The summed E-state index contributed by atoms with van der Waals surface area (Å²) in [4.78, 5) is 34.4. The number of nitrogens with one attached hydrogen (secondary N) is 1. The Morgan fingerprint density at radius 3 is 2.86 bits per heavy atom. The van der Waals surface area contributed by atoms with Crippen molar-refractivity contribution in [2.45, 2.75) is 13.0 Å². The van der Waals surface area contributed by atoms with Gasteiger partial charge in [-0.15, -0.1) is 0 Å². The van der Waals surface area contributed by atoms with Crippen molar-refractivity contribution in [3.8, 4) is 5.75 Å². The van der Waals surface area contributed by atoms with Gasteiger partial charge in [-0.1, -0.05) is 0 Å². The molecule has 1 N–H and O–H groups in total. The average Bonchev–Trinajstić information content (AvgIpc) is 2.83. The molecule has 3 amide bonds. The first-order valence-corrected chi connectivity index (χ1v) is 6.10. The molecule has 1 saturated heterocycles. The molecule has 0 unspecified atom stereocenters. The lowest BCUT2D eigenvalue weighted by Crippen LogP contribution is -2.42. The highest BCUT2D eigenvalue weighted by Gasteiger charge is 2.31. The Labute approximate surface area is 118 Å². The number of nitrogens with zero attached hydrogens (tertiary/aromatic N) is 2. The largest absolute Gasteiger partial charge is 0.474 e. The molecule has 0 aromatic heterocycles. The van der Waals surface area contributed by atoms with Gasteiger partial charge >= 0.3 is 11.7 Å². The molecule has 1 aliphatic rings. The number of hydrogen-bond donors (Lipinski definition) is 1. The van der Waals surface area contributed by atoms with Gasteiger partial charge in [-0.05, 0) is 13.0 Å². The number of amides is 3. The maximum Gasteiger partial charge on any atom is 0.324 e. The number of urea groups is 1. The van der Waals surface area contributed by atoms with Gasteiger partial charge in [0, 0.05) is 25.2 Å². The number of ether oxygens (including phenoxy) is 1. The zero-order valence-corrected chi connectivity index (χ0v) is 11.0. The van der Waals surface area contributed by atoms with Gasteiger partial charge in [0.05, 0.1) is 4.92 Å². The van der Waals surface area contributed by atoms with E-state index < -0.39 is 34.5 Å². The summed E-state index contributed by atoms with van der Waals surface area (Å²) < 4.78 is 18.3. The maximum atomic E-state index is 13.2. The summed E-state index contributed by atoms with van der Waals surface area (Å²) in [5.41, 5.74) is -0.457. The number of halogens is 1. The zero-order chi connectivity index (χ0) is 15.6. The fourth-order valence-electron chi connectivity index (χ4n) is 1.88. The Bertz CT molecular complexity index is 607. The number of rotatable bonds is 4. The van der Waals surface area contributed by atoms with Crippen molar-refractivity contribution in [2.24, 2.45) is 0 Å². The summed E-state index contributed by atoms with van der Waals surface area (Å²) in [6, 6.07) is 2.14. The van der Waals surface area contributed by atoms with Gasteiger partial charge in [0.2, 0.25) is 5.75 Å². The van der Waals surface area contributed by atoms with Crippen LogP contribution in [0.5, 0.6) is 5.75 Å². The predicted octanol–water partition coefficient (Wildman–Crippen LogP) is 1.05. The topological polar surface area (TPSA) is 102 Å². The molecule has 1 aliphatic heterocycles. The van der Waals surface area contributed by atoms with Gasteiger partial charge in [-0.25, -0.2) is 9.18 Å². The van der Waals surface area contributed by atoms with Crippen LogP contribution in [-0.2, 0) is 4.79 Å². The van der Waals surface area contributed by atoms with Crippen molar-refractivity contribution in [2.75, 3.05) is 13.1 Å². The lowest BCUT2D eigenvalue weighted by molar-refractivity contribution is -0.386. The summed E-state index contributed by atoms with van der Waals surface area (Å²) in [6.07, 6.45) is -1.16. The van der Waals surface area contributed by atoms with Crippen LogP contribution in [0.1, 0.15) is 6.92 Å². The van der Waals surface area contributed by atoms with E-state index in [1.165, 1.54) is 6.92 Å². The monoisotopic (exact) mass is 297 g/mol. The first-order chi connectivity index (χ1) is 9.90. The Balaban J connectivity index is 2.17. The van der Waals surface area contributed by atoms with Crippen molar-refractivity contribution in [1.29, 1.82) is 0 Å². The van der Waals surface area contributed by atoms with E-state index in [9.17, 15) is 24.1 Å². The molecule has 8 nitrogen and oxygen atoms in total. The van der Waals surface area contributed by atoms with Crippen LogP contribution in [0, 0.1) is 15.9 Å². The lowest BCUT2D eigenvalue weighted by Gasteiger charge is -2.18. The molecule has 1 aromatic carbocycles. The van der Waals surface area contributed by atoms with Crippen LogP contribution in [0.4, 0.5) is 14.9 Å². The number of nitro benzene ring substituents is 1. The van der Waals surface area contributed by atoms with E-state index in [-0.39, 0.29) is 12.3 Å². The predicted molar refractivity (Wildman–Crippen MR) is 68.3 cm³/mol. The smallest absolute Gasteiger partial charge is 0.324 e. The van der Waals surface area contributed by atoms with Gasteiger partial charge in [-0.3, -0.25) is 19.8 Å². The molecule has 1 aromatic rings. The second-order valence-electron chi connectivity index (χ2n) is 4.35. The van der Waals surface area contributed by atoms with E-state index in [1.807, 2.05) is 0 Å². The molecule has 0 spiro atoms. The van der Waals surface area contributed by atoms with Gasteiger partial charge in [0.15, 0.2) is 6.10 Å². The summed E-state index contributed by atoms with van der Waals surface area (Å²) in [6.45, 7) is 1.86. The first kappa shape index (κ1) is 14.7. The van der Waals surface area contributed by atoms with Gasteiger partial charge in [-0.2, -0.15) is 0 Å². The molecule has 0 aliphatic carbocycles. The maximum absolute atomic E-state index is 13.2. The van der Waals surface area contributed by atoms with Crippen molar-refractivity contribution in [1.82, 2.24) is 10.2 Å². The number of hydrogen-bond acceptors (Lipinski definition) is 5. The molecule has 0 radical (unpaired) electrons. The molecule has 2 rings (SSSR count). The number of nitro groups is 1. The van der Waals surface area contributed by atoms with E-state index in [4.69, 9.17) is 4.74 Å². The van der Waals surface area contributed by atoms with E-state index in [1.54, 1.807) is 0 Å². The van der Waals surface area contributed by atoms with Crippen molar-refractivity contribution < 1.29 is 23.6 Å². The Morgan fingerprint density at radius 1 is 1.57 bits per heavy atom. The molecule has 9 heteroatoms. The van der Waals surface area contributed by atoms with E-state index in [0.717, 1.165) is 23.1 Å². The minimum absolute atomic E-state index is 0.191. The molecule has 1 fully saturated rings. The number of benzene rings is 1. The Morgan fingerprint density at radius 2 is 2.29 bits per heavy atom. The highest BCUT2D eigenvalue weighted by atomic mass is 19.1. The number of carbonyl (C=O) groups is 2. The summed E-state index contributed by atoms with van der Waals surface area (Å²) in [7, 11) is 0.